The maximum absolute atomic E-state index is 6.49. The van der Waals surface area contributed by atoms with Crippen molar-refractivity contribution in [1.29, 1.82) is 0 Å². The zero-order chi connectivity index (χ0) is 13.8. The minimum absolute atomic E-state index is 0.0439. The maximum Gasteiger partial charge on any atom is 0.0829 e. The highest BCUT2D eigenvalue weighted by atomic mass is 16.5. The molecule has 18 heavy (non-hydrogen) atoms. The average molecular weight is 255 g/mol. The van der Waals surface area contributed by atoms with Crippen molar-refractivity contribution in [1.82, 2.24) is 0 Å². The molecule has 0 amide bonds. The number of ether oxygens (including phenoxy) is 1. The van der Waals surface area contributed by atoms with Crippen LogP contribution in [0.1, 0.15) is 66.2 Å². The molecule has 0 spiro atoms. The lowest BCUT2D eigenvalue weighted by atomic mass is 9.73. The predicted molar refractivity (Wildman–Crippen MR) is 78.6 cm³/mol. The van der Waals surface area contributed by atoms with Crippen LogP contribution in [0.2, 0.25) is 0 Å². The van der Waals surface area contributed by atoms with Crippen LogP contribution in [0.3, 0.4) is 0 Å². The molecular weight excluding hydrogens is 222 g/mol. The third-order valence-corrected chi connectivity index (χ3v) is 4.73. The van der Waals surface area contributed by atoms with E-state index in [0.717, 1.165) is 31.1 Å². The van der Waals surface area contributed by atoms with Crippen molar-refractivity contribution in [2.75, 3.05) is 7.11 Å². The van der Waals surface area contributed by atoms with Crippen LogP contribution in [0, 0.1) is 17.8 Å². The van der Waals surface area contributed by atoms with Gasteiger partial charge in [-0.3, -0.25) is 0 Å². The largest absolute Gasteiger partial charge is 0.377 e. The predicted octanol–water partition coefficient (Wildman–Crippen LogP) is 3.98. The van der Waals surface area contributed by atoms with Crippen molar-refractivity contribution in [2.24, 2.45) is 23.5 Å². The Bertz CT molecular complexity index is 231. The Kier molecular flexibility index (Phi) is 6.13. The van der Waals surface area contributed by atoms with Crippen LogP contribution in [0.15, 0.2) is 0 Å². The molecule has 0 bridgehead atoms. The third kappa shape index (κ3) is 4.24. The molecule has 0 saturated heterocycles. The molecule has 0 aromatic rings. The van der Waals surface area contributed by atoms with Crippen molar-refractivity contribution in [3.63, 3.8) is 0 Å². The third-order valence-electron chi connectivity index (χ3n) is 4.73. The normalized spacial score (nSPS) is 32.5. The van der Waals surface area contributed by atoms with Gasteiger partial charge in [0.2, 0.25) is 0 Å². The molecule has 108 valence electrons. The smallest absolute Gasteiger partial charge is 0.0829 e. The summed E-state index contributed by atoms with van der Waals surface area (Å²) in [5, 5.41) is 0. The number of methoxy groups -OCH3 is 1. The van der Waals surface area contributed by atoms with Crippen LogP contribution < -0.4 is 5.73 Å². The Morgan fingerprint density at radius 3 is 2.17 bits per heavy atom. The SMILES string of the molecule is COC1(C(N)CC(C)CC(C)C)CCC(C)CC1. The van der Waals surface area contributed by atoms with Gasteiger partial charge in [-0.05, 0) is 56.3 Å². The van der Waals surface area contributed by atoms with Gasteiger partial charge in [-0.1, -0.05) is 27.7 Å². The highest BCUT2D eigenvalue weighted by Crippen LogP contribution is 2.38. The lowest BCUT2D eigenvalue weighted by Crippen LogP contribution is -2.52. The van der Waals surface area contributed by atoms with Gasteiger partial charge in [0.25, 0.3) is 0 Å². The molecule has 2 heteroatoms. The number of nitrogens with two attached hydrogens (primary N) is 1. The maximum atomic E-state index is 6.49. The van der Waals surface area contributed by atoms with E-state index in [2.05, 4.69) is 27.7 Å². The molecule has 1 aliphatic carbocycles. The van der Waals surface area contributed by atoms with E-state index in [1.54, 1.807) is 0 Å². The molecule has 0 radical (unpaired) electrons. The first-order chi connectivity index (χ1) is 8.39. The summed E-state index contributed by atoms with van der Waals surface area (Å²) in [6, 6.07) is 0.198. The van der Waals surface area contributed by atoms with Crippen LogP contribution in [-0.2, 0) is 4.74 Å². The number of hydrogen-bond acceptors (Lipinski definition) is 2. The van der Waals surface area contributed by atoms with Crippen LogP contribution in [-0.4, -0.2) is 18.8 Å². The minimum atomic E-state index is -0.0439. The molecule has 0 aliphatic heterocycles. The topological polar surface area (TPSA) is 35.2 Å². The van der Waals surface area contributed by atoms with E-state index in [9.17, 15) is 0 Å². The molecule has 2 unspecified atom stereocenters. The van der Waals surface area contributed by atoms with E-state index in [4.69, 9.17) is 10.5 Å². The van der Waals surface area contributed by atoms with E-state index in [1.165, 1.54) is 19.3 Å². The van der Waals surface area contributed by atoms with Gasteiger partial charge in [0.15, 0.2) is 0 Å². The number of rotatable bonds is 6. The zero-order valence-corrected chi connectivity index (χ0v) is 13.0. The van der Waals surface area contributed by atoms with E-state index in [-0.39, 0.29) is 11.6 Å². The number of hydrogen-bond donors (Lipinski definition) is 1. The summed E-state index contributed by atoms with van der Waals surface area (Å²) in [5.74, 6) is 2.30. The lowest BCUT2D eigenvalue weighted by molar-refractivity contribution is -0.0705. The summed E-state index contributed by atoms with van der Waals surface area (Å²) in [5.41, 5.74) is 6.45. The van der Waals surface area contributed by atoms with E-state index >= 15 is 0 Å². The summed E-state index contributed by atoms with van der Waals surface area (Å²) in [6.07, 6.45) is 7.17. The fourth-order valence-corrected chi connectivity index (χ4v) is 3.53. The van der Waals surface area contributed by atoms with E-state index < -0.39 is 0 Å². The van der Waals surface area contributed by atoms with Crippen LogP contribution in [0.4, 0.5) is 0 Å². The molecule has 2 nitrogen and oxygen atoms in total. The Balaban J connectivity index is 2.53. The summed E-state index contributed by atoms with van der Waals surface area (Å²) in [4.78, 5) is 0. The average Bonchev–Trinajstić information content (AvgIpc) is 2.29. The van der Waals surface area contributed by atoms with Gasteiger partial charge < -0.3 is 10.5 Å². The van der Waals surface area contributed by atoms with E-state index in [0.29, 0.717) is 5.92 Å². The second kappa shape index (κ2) is 6.91. The van der Waals surface area contributed by atoms with Gasteiger partial charge in [-0.15, -0.1) is 0 Å². The first kappa shape index (κ1) is 16.0. The molecule has 2 N–H and O–H groups in total. The molecule has 1 saturated carbocycles. The molecule has 1 rings (SSSR count). The molecule has 0 aromatic carbocycles. The van der Waals surface area contributed by atoms with Gasteiger partial charge in [0.05, 0.1) is 5.60 Å². The quantitative estimate of drug-likeness (QED) is 0.779. The molecular formula is C16H33NO. The zero-order valence-electron chi connectivity index (χ0n) is 13.0. The van der Waals surface area contributed by atoms with Crippen molar-refractivity contribution >= 4 is 0 Å². The fourth-order valence-electron chi connectivity index (χ4n) is 3.53. The van der Waals surface area contributed by atoms with Crippen molar-refractivity contribution in [3.8, 4) is 0 Å². The standard InChI is InChI=1S/C16H33NO/c1-12(2)10-14(4)11-15(17)16(18-5)8-6-13(3)7-9-16/h12-15H,6-11,17H2,1-5H3. The monoisotopic (exact) mass is 255 g/mol. The Morgan fingerprint density at radius 1 is 1.17 bits per heavy atom. The molecule has 0 heterocycles. The second-order valence-corrected chi connectivity index (χ2v) is 7.03. The highest BCUT2D eigenvalue weighted by molar-refractivity contribution is 4.95. The minimum Gasteiger partial charge on any atom is -0.377 e. The highest BCUT2D eigenvalue weighted by Gasteiger charge is 2.39. The second-order valence-electron chi connectivity index (χ2n) is 7.03. The summed E-state index contributed by atoms with van der Waals surface area (Å²) >= 11 is 0. The van der Waals surface area contributed by atoms with E-state index in [1.807, 2.05) is 7.11 Å². The first-order valence-electron chi connectivity index (χ1n) is 7.70. The van der Waals surface area contributed by atoms with Gasteiger partial charge in [-0.25, -0.2) is 0 Å². The van der Waals surface area contributed by atoms with Crippen molar-refractivity contribution < 1.29 is 4.74 Å². The molecule has 1 aliphatic rings. The van der Waals surface area contributed by atoms with Gasteiger partial charge in [0, 0.05) is 13.2 Å². The van der Waals surface area contributed by atoms with Crippen LogP contribution >= 0.6 is 0 Å². The fraction of sp³-hybridized carbons (Fsp3) is 1.00. The van der Waals surface area contributed by atoms with Crippen LogP contribution in [0.5, 0.6) is 0 Å². The summed E-state index contributed by atoms with van der Waals surface area (Å²) in [6.45, 7) is 9.24. The Morgan fingerprint density at radius 2 is 1.72 bits per heavy atom. The summed E-state index contributed by atoms with van der Waals surface area (Å²) in [7, 11) is 1.85. The Labute approximate surface area is 114 Å². The summed E-state index contributed by atoms with van der Waals surface area (Å²) < 4.78 is 5.87. The van der Waals surface area contributed by atoms with Gasteiger partial charge >= 0.3 is 0 Å². The molecule has 1 fully saturated rings. The van der Waals surface area contributed by atoms with Crippen molar-refractivity contribution in [2.45, 2.75) is 77.9 Å². The Hall–Kier alpha value is -0.0800. The van der Waals surface area contributed by atoms with Gasteiger partial charge in [-0.2, -0.15) is 0 Å². The first-order valence-corrected chi connectivity index (χ1v) is 7.70. The molecule has 2 atom stereocenters. The lowest BCUT2D eigenvalue weighted by Gasteiger charge is -2.43. The van der Waals surface area contributed by atoms with Crippen LogP contribution in [0.25, 0.3) is 0 Å². The van der Waals surface area contributed by atoms with Crippen molar-refractivity contribution in [3.05, 3.63) is 0 Å². The molecule has 0 aromatic heterocycles. The van der Waals surface area contributed by atoms with Gasteiger partial charge in [0.1, 0.15) is 0 Å².